The van der Waals surface area contributed by atoms with Gasteiger partial charge in [-0.15, -0.1) is 0 Å². The molecule has 0 aliphatic heterocycles. The molecule has 0 amide bonds. The third-order valence-electron chi connectivity index (χ3n) is 8.72. The summed E-state index contributed by atoms with van der Waals surface area (Å²) in [5.74, 6) is 0.207. The van der Waals surface area contributed by atoms with Crippen LogP contribution in [-0.4, -0.2) is 56.6 Å². The molecule has 4 saturated carbocycles. The predicted octanol–water partition coefficient (Wildman–Crippen LogP) is 6.05. The number of carbonyl (C=O) groups is 1. The summed E-state index contributed by atoms with van der Waals surface area (Å²) in [4.78, 5) is 13.4. The van der Waals surface area contributed by atoms with Crippen molar-refractivity contribution in [2.75, 3.05) is 27.1 Å². The van der Waals surface area contributed by atoms with Crippen molar-refractivity contribution in [3.8, 4) is 0 Å². The summed E-state index contributed by atoms with van der Waals surface area (Å²) in [5, 5.41) is 0. The highest BCUT2D eigenvalue weighted by Crippen LogP contribution is 2.60. The number of rotatable bonds is 11. The Balaban J connectivity index is 1.84. The summed E-state index contributed by atoms with van der Waals surface area (Å²) >= 11 is 0. The molecule has 0 aromatic rings. The van der Waals surface area contributed by atoms with Crippen LogP contribution in [0, 0.1) is 29.1 Å². The summed E-state index contributed by atoms with van der Waals surface area (Å²) in [6, 6.07) is 0. The Hall–Kier alpha value is -1.07. The van der Waals surface area contributed by atoms with E-state index >= 15 is 0 Å². The van der Waals surface area contributed by atoms with Crippen LogP contribution in [0.5, 0.6) is 0 Å². The first-order chi connectivity index (χ1) is 16.1. The van der Waals surface area contributed by atoms with Crippen LogP contribution in [0.25, 0.3) is 0 Å². The van der Waals surface area contributed by atoms with Crippen molar-refractivity contribution in [3.05, 3.63) is 0 Å². The van der Waals surface area contributed by atoms with E-state index in [0.717, 1.165) is 39.0 Å². The van der Waals surface area contributed by atoms with Gasteiger partial charge in [0.15, 0.2) is 0 Å². The van der Waals surface area contributed by atoms with Gasteiger partial charge in [-0.25, -0.2) is 0 Å². The average molecular weight is 519 g/mol. The Morgan fingerprint density at radius 3 is 1.86 bits per heavy atom. The molecule has 0 saturated heterocycles. The Kier molecular flexibility index (Phi) is 8.15. The summed E-state index contributed by atoms with van der Waals surface area (Å²) in [6.45, 7) is 2.73. The number of methoxy groups -OCH3 is 1. The van der Waals surface area contributed by atoms with Gasteiger partial charge in [-0.1, -0.05) is 6.92 Å². The zero-order valence-electron chi connectivity index (χ0n) is 20.7. The standard InChI is InChI=1S/C24H36F6O5/c1-5-20(2,13-22(23(25,26)27,24(28,29)30)34-14-33-7-6-32-4)19(31)35-21(3)17-9-15-8-16(11-17)12-18(21)10-15/h15-18H,5-14H2,1-4H3. The van der Waals surface area contributed by atoms with Gasteiger partial charge in [0, 0.05) is 13.5 Å². The lowest BCUT2D eigenvalue weighted by Gasteiger charge is -2.59. The Labute approximate surface area is 202 Å². The maximum atomic E-state index is 14.1. The molecule has 0 spiro atoms. The van der Waals surface area contributed by atoms with E-state index in [2.05, 4.69) is 9.47 Å². The van der Waals surface area contributed by atoms with Crippen LogP contribution in [-0.2, 0) is 23.7 Å². The Morgan fingerprint density at radius 1 is 0.914 bits per heavy atom. The monoisotopic (exact) mass is 518 g/mol. The predicted molar refractivity (Wildman–Crippen MR) is 113 cm³/mol. The van der Waals surface area contributed by atoms with E-state index in [4.69, 9.17) is 9.47 Å². The van der Waals surface area contributed by atoms with Crippen LogP contribution >= 0.6 is 0 Å². The van der Waals surface area contributed by atoms with Crippen molar-refractivity contribution in [1.29, 1.82) is 0 Å². The number of ether oxygens (including phenoxy) is 4. The molecule has 0 heterocycles. The fraction of sp³-hybridized carbons (Fsp3) is 0.958. The number of halogens is 6. The first-order valence-electron chi connectivity index (χ1n) is 12.2. The molecule has 0 aromatic carbocycles. The molecule has 4 bridgehead atoms. The van der Waals surface area contributed by atoms with E-state index in [0.29, 0.717) is 11.8 Å². The van der Waals surface area contributed by atoms with Gasteiger partial charge < -0.3 is 18.9 Å². The Bertz CT molecular complexity index is 710. The molecule has 1 unspecified atom stereocenters. The summed E-state index contributed by atoms with van der Waals surface area (Å²) in [6.07, 6.45) is -9.01. The third-order valence-corrected chi connectivity index (χ3v) is 8.72. The Morgan fingerprint density at radius 2 is 1.43 bits per heavy atom. The summed E-state index contributed by atoms with van der Waals surface area (Å²) in [7, 11) is 1.31. The quantitative estimate of drug-likeness (QED) is 0.144. The third kappa shape index (κ3) is 5.32. The van der Waals surface area contributed by atoms with Gasteiger partial charge in [-0.05, 0) is 76.0 Å². The van der Waals surface area contributed by atoms with Crippen LogP contribution in [0.1, 0.15) is 65.7 Å². The lowest BCUT2D eigenvalue weighted by Crippen LogP contribution is -2.63. The summed E-state index contributed by atoms with van der Waals surface area (Å²) in [5.41, 5.74) is -7.57. The smallest absolute Gasteiger partial charge is 0.426 e. The molecule has 0 radical (unpaired) electrons. The molecule has 4 aliphatic rings. The summed E-state index contributed by atoms with van der Waals surface area (Å²) < 4.78 is 104. The topological polar surface area (TPSA) is 54.0 Å². The molecular formula is C24H36F6O5. The molecule has 1 atom stereocenters. The van der Waals surface area contributed by atoms with Crippen LogP contribution in [0.3, 0.4) is 0 Å². The lowest BCUT2D eigenvalue weighted by atomic mass is 9.50. The second-order valence-corrected chi connectivity index (χ2v) is 11.0. The molecule has 35 heavy (non-hydrogen) atoms. The van der Waals surface area contributed by atoms with Crippen molar-refractivity contribution in [2.45, 2.75) is 89.3 Å². The highest BCUT2D eigenvalue weighted by Gasteiger charge is 2.74. The van der Waals surface area contributed by atoms with Crippen molar-refractivity contribution in [1.82, 2.24) is 0 Å². The first kappa shape index (κ1) is 28.5. The number of alkyl halides is 6. The minimum atomic E-state index is -5.85. The maximum absolute atomic E-state index is 14.1. The second-order valence-electron chi connectivity index (χ2n) is 11.0. The molecule has 0 aromatic heterocycles. The van der Waals surface area contributed by atoms with Crippen LogP contribution in [0.15, 0.2) is 0 Å². The van der Waals surface area contributed by atoms with Crippen molar-refractivity contribution < 1.29 is 50.1 Å². The zero-order chi connectivity index (χ0) is 26.3. The van der Waals surface area contributed by atoms with E-state index in [-0.39, 0.29) is 31.5 Å². The van der Waals surface area contributed by atoms with Crippen LogP contribution in [0.2, 0.25) is 0 Å². The van der Waals surface area contributed by atoms with Gasteiger partial charge in [0.25, 0.3) is 5.60 Å². The van der Waals surface area contributed by atoms with E-state index in [9.17, 15) is 31.1 Å². The molecule has 5 nitrogen and oxygen atoms in total. The van der Waals surface area contributed by atoms with E-state index < -0.39 is 48.2 Å². The number of hydrogen-bond donors (Lipinski definition) is 0. The normalized spacial score (nSPS) is 32.5. The van der Waals surface area contributed by atoms with E-state index in [1.807, 2.05) is 0 Å². The van der Waals surface area contributed by atoms with E-state index in [1.54, 1.807) is 6.92 Å². The SMILES string of the molecule is CCC(C)(CC(OCOCCOC)(C(F)(F)F)C(F)(F)F)C(=O)OC1(C)C2CC3CC(C2)CC1C3. The first-order valence-corrected chi connectivity index (χ1v) is 12.2. The van der Waals surface area contributed by atoms with Gasteiger partial charge in [-0.3, -0.25) is 4.79 Å². The molecule has 4 fully saturated rings. The zero-order valence-corrected chi connectivity index (χ0v) is 20.7. The maximum Gasteiger partial charge on any atom is 0.426 e. The molecular weight excluding hydrogens is 482 g/mol. The number of hydrogen-bond acceptors (Lipinski definition) is 5. The van der Waals surface area contributed by atoms with E-state index in [1.165, 1.54) is 14.0 Å². The minimum absolute atomic E-state index is 0.0317. The van der Waals surface area contributed by atoms with Gasteiger partial charge in [-0.2, -0.15) is 26.3 Å². The molecule has 204 valence electrons. The average Bonchev–Trinajstić information content (AvgIpc) is 2.74. The second kappa shape index (κ2) is 10.0. The number of esters is 1. The van der Waals surface area contributed by atoms with Gasteiger partial charge in [0.2, 0.25) is 0 Å². The van der Waals surface area contributed by atoms with Crippen molar-refractivity contribution in [3.63, 3.8) is 0 Å². The largest absolute Gasteiger partial charge is 0.458 e. The molecule has 0 N–H and O–H groups in total. The molecule has 11 heteroatoms. The highest BCUT2D eigenvalue weighted by molar-refractivity contribution is 5.77. The molecule has 4 aliphatic carbocycles. The fourth-order valence-corrected chi connectivity index (χ4v) is 6.42. The van der Waals surface area contributed by atoms with Crippen molar-refractivity contribution >= 4 is 5.97 Å². The lowest BCUT2D eigenvalue weighted by molar-refractivity contribution is -0.400. The molecule has 4 rings (SSSR count). The van der Waals surface area contributed by atoms with Gasteiger partial charge in [0.1, 0.15) is 12.4 Å². The van der Waals surface area contributed by atoms with Gasteiger partial charge in [0.05, 0.1) is 18.6 Å². The van der Waals surface area contributed by atoms with Crippen molar-refractivity contribution in [2.24, 2.45) is 29.1 Å². The fourth-order valence-electron chi connectivity index (χ4n) is 6.42. The van der Waals surface area contributed by atoms with Crippen LogP contribution in [0.4, 0.5) is 26.3 Å². The van der Waals surface area contributed by atoms with Crippen LogP contribution < -0.4 is 0 Å². The highest BCUT2D eigenvalue weighted by atomic mass is 19.4. The minimum Gasteiger partial charge on any atom is -0.458 e. The van der Waals surface area contributed by atoms with Gasteiger partial charge >= 0.3 is 18.3 Å². The number of carbonyl (C=O) groups excluding carboxylic acids is 1.